The van der Waals surface area contributed by atoms with Crippen molar-refractivity contribution in [2.75, 3.05) is 27.2 Å². The standard InChI is InChI=1S/C27H23FN8O2/c1-36(2)5-6-38-20-9-16(12-29-14-20)17-10-22-24(34-35-25(22)31-13-17)27-32-23-21(3-4-30-26(23)33-27)15-7-18(28)11-19(37)8-15/h3-4,7-14,37H,5-6H2,1-2H3,(H,30,32,33)(H,31,34,35). The number of aromatic amines is 2. The van der Waals surface area contributed by atoms with Crippen LogP contribution in [0, 0.1) is 5.82 Å². The molecule has 6 rings (SSSR count). The second-order valence-corrected chi connectivity index (χ2v) is 9.09. The number of rotatable bonds is 7. The Bertz CT molecular complexity index is 1760. The highest BCUT2D eigenvalue weighted by molar-refractivity contribution is 5.96. The largest absolute Gasteiger partial charge is 0.508 e. The molecule has 190 valence electrons. The molecule has 0 spiro atoms. The maximum atomic E-state index is 14.0. The molecular formula is C27H23FN8O2. The van der Waals surface area contributed by atoms with Crippen LogP contribution in [0.25, 0.3) is 56.0 Å². The Morgan fingerprint density at radius 1 is 0.974 bits per heavy atom. The van der Waals surface area contributed by atoms with Crippen LogP contribution in [0.3, 0.4) is 0 Å². The number of nitrogens with one attached hydrogen (secondary N) is 2. The molecule has 0 saturated carbocycles. The molecule has 0 atom stereocenters. The van der Waals surface area contributed by atoms with Gasteiger partial charge >= 0.3 is 0 Å². The number of H-pyrrole nitrogens is 2. The summed E-state index contributed by atoms with van der Waals surface area (Å²) >= 11 is 0. The van der Waals surface area contributed by atoms with Crippen molar-refractivity contribution in [3.05, 3.63) is 67.0 Å². The van der Waals surface area contributed by atoms with Gasteiger partial charge in [0.15, 0.2) is 17.1 Å². The molecule has 38 heavy (non-hydrogen) atoms. The van der Waals surface area contributed by atoms with Crippen LogP contribution < -0.4 is 4.74 Å². The highest BCUT2D eigenvalue weighted by atomic mass is 19.1. The van der Waals surface area contributed by atoms with Crippen LogP contribution in [-0.2, 0) is 0 Å². The minimum absolute atomic E-state index is 0.167. The summed E-state index contributed by atoms with van der Waals surface area (Å²) in [5.41, 5.74) is 5.01. The van der Waals surface area contributed by atoms with E-state index in [9.17, 15) is 9.50 Å². The van der Waals surface area contributed by atoms with Gasteiger partial charge in [0.05, 0.1) is 11.6 Å². The summed E-state index contributed by atoms with van der Waals surface area (Å²) in [6.07, 6.45) is 6.79. The van der Waals surface area contributed by atoms with E-state index in [0.717, 1.165) is 29.1 Å². The van der Waals surface area contributed by atoms with Crippen molar-refractivity contribution < 1.29 is 14.2 Å². The molecule has 6 aromatic rings. The van der Waals surface area contributed by atoms with Crippen molar-refractivity contribution in [1.29, 1.82) is 0 Å². The molecule has 0 fully saturated rings. The van der Waals surface area contributed by atoms with Gasteiger partial charge in [-0.05, 0) is 50.0 Å². The fourth-order valence-electron chi connectivity index (χ4n) is 4.23. The third kappa shape index (κ3) is 4.50. The third-order valence-electron chi connectivity index (χ3n) is 6.07. The monoisotopic (exact) mass is 510 g/mol. The predicted molar refractivity (Wildman–Crippen MR) is 141 cm³/mol. The summed E-state index contributed by atoms with van der Waals surface area (Å²) in [6, 6.07) is 9.50. The first-order valence-corrected chi connectivity index (χ1v) is 11.9. The average molecular weight is 511 g/mol. The van der Waals surface area contributed by atoms with Gasteiger partial charge in [-0.3, -0.25) is 10.1 Å². The molecule has 0 saturated heterocycles. The summed E-state index contributed by atoms with van der Waals surface area (Å²) in [6.45, 7) is 1.35. The molecule has 0 aliphatic rings. The Morgan fingerprint density at radius 3 is 2.68 bits per heavy atom. The molecule has 0 aliphatic heterocycles. The number of likely N-dealkylation sites (N-methyl/N-ethyl adjacent to an activating group) is 1. The van der Waals surface area contributed by atoms with Crippen molar-refractivity contribution in [3.63, 3.8) is 0 Å². The SMILES string of the molecule is CN(C)CCOc1cncc(-c2cnc3[nH]nc(-c4nc5c(-c6cc(O)cc(F)c6)ccnc5[nH]4)c3c2)c1. The van der Waals surface area contributed by atoms with E-state index < -0.39 is 5.82 Å². The van der Waals surface area contributed by atoms with Gasteiger partial charge in [0.1, 0.15) is 35.1 Å². The Labute approximate surface area is 216 Å². The Morgan fingerprint density at radius 2 is 1.84 bits per heavy atom. The lowest BCUT2D eigenvalue weighted by Crippen LogP contribution is -2.19. The molecule has 5 aromatic heterocycles. The van der Waals surface area contributed by atoms with Crippen LogP contribution in [0.2, 0.25) is 0 Å². The van der Waals surface area contributed by atoms with Gasteiger partial charge in [0.25, 0.3) is 0 Å². The Kier molecular flexibility index (Phi) is 5.89. The second-order valence-electron chi connectivity index (χ2n) is 9.09. The van der Waals surface area contributed by atoms with E-state index in [2.05, 4.69) is 30.1 Å². The van der Waals surface area contributed by atoms with Crippen LogP contribution in [0.15, 0.2) is 61.2 Å². The summed E-state index contributed by atoms with van der Waals surface area (Å²) in [5, 5.41) is 18.0. The molecular weight excluding hydrogens is 487 g/mol. The number of imidazole rings is 1. The number of fused-ring (bicyclic) bond motifs is 2. The van der Waals surface area contributed by atoms with Crippen LogP contribution in [-0.4, -0.2) is 72.4 Å². The molecule has 0 radical (unpaired) electrons. The number of nitrogens with zero attached hydrogens (tertiary/aromatic N) is 6. The van der Waals surface area contributed by atoms with Crippen LogP contribution >= 0.6 is 0 Å². The first kappa shape index (κ1) is 23.5. The molecule has 10 nitrogen and oxygen atoms in total. The minimum Gasteiger partial charge on any atom is -0.508 e. The topological polar surface area (TPSA) is 129 Å². The lowest BCUT2D eigenvalue weighted by atomic mass is 10.1. The molecule has 0 bridgehead atoms. The molecule has 0 aliphatic carbocycles. The number of aromatic hydroxyl groups is 1. The van der Waals surface area contributed by atoms with Gasteiger partial charge in [0.2, 0.25) is 0 Å². The summed E-state index contributed by atoms with van der Waals surface area (Å²) in [5.74, 6) is 0.444. The summed E-state index contributed by atoms with van der Waals surface area (Å²) < 4.78 is 19.8. The zero-order valence-electron chi connectivity index (χ0n) is 20.6. The van der Waals surface area contributed by atoms with Gasteiger partial charge in [-0.25, -0.2) is 19.3 Å². The lowest BCUT2D eigenvalue weighted by molar-refractivity contribution is 0.261. The van der Waals surface area contributed by atoms with Gasteiger partial charge in [-0.15, -0.1) is 0 Å². The fourth-order valence-corrected chi connectivity index (χ4v) is 4.23. The van der Waals surface area contributed by atoms with Crippen molar-refractivity contribution in [2.24, 2.45) is 0 Å². The Balaban J connectivity index is 1.38. The second kappa shape index (κ2) is 9.52. The number of phenols is 1. The van der Waals surface area contributed by atoms with Crippen molar-refractivity contribution in [3.8, 4) is 45.3 Å². The fraction of sp³-hybridized carbons (Fsp3) is 0.148. The summed E-state index contributed by atoms with van der Waals surface area (Å²) in [4.78, 5) is 23.2. The van der Waals surface area contributed by atoms with Crippen LogP contribution in [0.4, 0.5) is 4.39 Å². The molecule has 3 N–H and O–H groups in total. The number of hydrogen-bond donors (Lipinski definition) is 3. The van der Waals surface area contributed by atoms with Crippen molar-refractivity contribution in [2.45, 2.75) is 0 Å². The zero-order valence-corrected chi connectivity index (χ0v) is 20.6. The third-order valence-corrected chi connectivity index (χ3v) is 6.07. The number of ether oxygens (including phenoxy) is 1. The summed E-state index contributed by atoms with van der Waals surface area (Å²) in [7, 11) is 3.99. The van der Waals surface area contributed by atoms with Crippen LogP contribution in [0.1, 0.15) is 0 Å². The van der Waals surface area contributed by atoms with Crippen molar-refractivity contribution in [1.82, 2.24) is 40.0 Å². The maximum absolute atomic E-state index is 14.0. The Hall–Kier alpha value is -4.90. The first-order valence-electron chi connectivity index (χ1n) is 11.9. The number of pyridine rings is 3. The normalized spacial score (nSPS) is 11.6. The molecule has 0 amide bonds. The van der Waals surface area contributed by atoms with Gasteiger partial charge in [0, 0.05) is 47.9 Å². The van der Waals surface area contributed by atoms with Gasteiger partial charge < -0.3 is 19.7 Å². The number of aromatic nitrogens is 7. The lowest BCUT2D eigenvalue weighted by Gasteiger charge is -2.11. The molecule has 5 heterocycles. The number of phenolic OH excluding ortho intramolecular Hbond substituents is 1. The van der Waals surface area contributed by atoms with Gasteiger partial charge in [-0.1, -0.05) is 0 Å². The van der Waals surface area contributed by atoms with Crippen LogP contribution in [0.5, 0.6) is 11.5 Å². The van der Waals surface area contributed by atoms with E-state index in [1.807, 2.05) is 31.1 Å². The van der Waals surface area contributed by atoms with Gasteiger partial charge in [-0.2, -0.15) is 5.10 Å². The van der Waals surface area contributed by atoms with E-state index in [1.165, 1.54) is 12.1 Å². The zero-order chi connectivity index (χ0) is 26.2. The highest BCUT2D eigenvalue weighted by Crippen LogP contribution is 2.33. The maximum Gasteiger partial charge on any atom is 0.161 e. The molecule has 0 unspecified atom stereocenters. The quantitative estimate of drug-likeness (QED) is 0.288. The minimum atomic E-state index is -0.542. The predicted octanol–water partition coefficient (Wildman–Crippen LogP) is 4.41. The van der Waals surface area contributed by atoms with E-state index in [1.54, 1.807) is 30.9 Å². The van der Waals surface area contributed by atoms with E-state index in [-0.39, 0.29) is 5.75 Å². The molecule has 11 heteroatoms. The number of benzene rings is 1. The highest BCUT2D eigenvalue weighted by Gasteiger charge is 2.18. The van der Waals surface area contributed by atoms with E-state index in [4.69, 9.17) is 9.72 Å². The first-order chi connectivity index (χ1) is 18.4. The van der Waals surface area contributed by atoms with E-state index in [0.29, 0.717) is 51.8 Å². The smallest absolute Gasteiger partial charge is 0.161 e. The number of halogens is 1. The van der Waals surface area contributed by atoms with Crippen molar-refractivity contribution >= 4 is 22.2 Å². The average Bonchev–Trinajstić information content (AvgIpc) is 3.51. The molecule has 1 aromatic carbocycles. The van der Waals surface area contributed by atoms with E-state index >= 15 is 0 Å². The number of hydrogen-bond acceptors (Lipinski definition) is 8.